The molecule has 0 spiro atoms. The fourth-order valence-electron chi connectivity index (χ4n) is 3.20. The van der Waals surface area contributed by atoms with Gasteiger partial charge in [0.05, 0.1) is 6.67 Å². The minimum atomic E-state index is -1.23. The molecule has 4 nitrogen and oxygen atoms in total. The first-order valence-corrected chi connectivity index (χ1v) is 7.00. The molecule has 2 rings (SSSR count). The van der Waals surface area contributed by atoms with E-state index in [0.717, 1.165) is 0 Å². The number of carbonyl (C=O) groups is 1. The Morgan fingerprint density at radius 3 is 2.86 bits per heavy atom. The summed E-state index contributed by atoms with van der Waals surface area (Å²) in [5.74, 6) is -0.363. The van der Waals surface area contributed by atoms with Crippen molar-refractivity contribution in [3.05, 3.63) is 35.1 Å². The Morgan fingerprint density at radius 1 is 1.57 bits per heavy atom. The second-order valence-corrected chi connectivity index (χ2v) is 5.65. The number of nitrogens with zero attached hydrogens (tertiary/aromatic N) is 1. The molecule has 0 saturated carbocycles. The maximum atomic E-state index is 13.3. The summed E-state index contributed by atoms with van der Waals surface area (Å²) in [6.07, 6.45) is 0.192. The molecule has 1 aliphatic rings. The summed E-state index contributed by atoms with van der Waals surface area (Å²) in [5.41, 5.74) is 6.34. The molecule has 2 unspecified atom stereocenters. The minimum absolute atomic E-state index is 0.0278. The first-order valence-electron chi connectivity index (χ1n) is 7.00. The van der Waals surface area contributed by atoms with E-state index in [1.54, 1.807) is 6.92 Å². The first kappa shape index (κ1) is 15.7. The predicted molar refractivity (Wildman–Crippen MR) is 75.0 cm³/mol. The van der Waals surface area contributed by atoms with Crippen LogP contribution >= 0.6 is 0 Å². The van der Waals surface area contributed by atoms with Crippen LogP contribution in [-0.2, 0) is 5.66 Å². The number of aryl methyl sites for hydroxylation is 1. The van der Waals surface area contributed by atoms with Gasteiger partial charge in [-0.3, -0.25) is 9.29 Å². The van der Waals surface area contributed by atoms with Crippen LogP contribution in [0.1, 0.15) is 30.4 Å². The van der Waals surface area contributed by atoms with Crippen molar-refractivity contribution in [2.45, 2.75) is 31.8 Å². The van der Waals surface area contributed by atoms with Crippen LogP contribution in [-0.4, -0.2) is 29.3 Å². The summed E-state index contributed by atoms with van der Waals surface area (Å²) in [4.78, 5) is 12.7. The summed E-state index contributed by atoms with van der Waals surface area (Å²) in [6, 6.07) is 4.14. The lowest BCUT2D eigenvalue weighted by atomic mass is 9.80. The van der Waals surface area contributed by atoms with E-state index < -0.39 is 24.2 Å². The van der Waals surface area contributed by atoms with Gasteiger partial charge in [0.1, 0.15) is 11.5 Å². The fourth-order valence-corrected chi connectivity index (χ4v) is 3.20. The number of nitrogens with two attached hydrogens (primary N) is 1. The zero-order valence-corrected chi connectivity index (χ0v) is 12.0. The largest absolute Gasteiger partial charge is 0.465 e. The molecule has 1 aliphatic heterocycles. The average Bonchev–Trinajstić information content (AvgIpc) is 2.38. The Morgan fingerprint density at radius 2 is 2.29 bits per heavy atom. The number of piperidine rings is 1. The van der Waals surface area contributed by atoms with Gasteiger partial charge in [-0.15, -0.1) is 0 Å². The molecule has 0 radical (unpaired) electrons. The van der Waals surface area contributed by atoms with Crippen LogP contribution < -0.4 is 5.73 Å². The lowest BCUT2D eigenvalue weighted by molar-refractivity contribution is 0.0232. The number of benzene rings is 1. The highest BCUT2D eigenvalue weighted by Gasteiger charge is 2.43. The van der Waals surface area contributed by atoms with Gasteiger partial charge in [0.25, 0.3) is 0 Å². The Kier molecular flexibility index (Phi) is 4.46. The summed E-state index contributed by atoms with van der Waals surface area (Å²) in [5, 5.41) is 9.39. The zero-order chi connectivity index (χ0) is 15.6. The molecule has 1 aromatic carbocycles. The van der Waals surface area contributed by atoms with E-state index in [2.05, 4.69) is 0 Å². The molecule has 0 aromatic heterocycles. The third kappa shape index (κ3) is 3.00. The minimum Gasteiger partial charge on any atom is -0.465 e. The number of rotatable bonds is 3. The average molecular weight is 298 g/mol. The van der Waals surface area contributed by atoms with Crippen molar-refractivity contribution < 1.29 is 18.7 Å². The first-order chi connectivity index (χ1) is 9.88. The highest BCUT2D eigenvalue weighted by molar-refractivity contribution is 5.67. The number of likely N-dealkylation sites (tertiary alicyclic amines) is 1. The second kappa shape index (κ2) is 5.97. The zero-order valence-electron chi connectivity index (χ0n) is 12.0. The number of hydrogen-bond donors (Lipinski definition) is 2. The highest BCUT2D eigenvalue weighted by atomic mass is 19.1. The van der Waals surface area contributed by atoms with Crippen molar-refractivity contribution in [1.82, 2.24) is 4.90 Å². The Hall–Kier alpha value is -1.69. The molecule has 21 heavy (non-hydrogen) atoms. The molecular weight excluding hydrogens is 278 g/mol. The maximum Gasteiger partial charge on any atom is 0.409 e. The SMILES string of the molecule is Cc1cc(F)ccc1C1(N)CC(CCF)CCN1C(=O)O. The van der Waals surface area contributed by atoms with Gasteiger partial charge in [-0.1, -0.05) is 6.07 Å². The molecule has 1 amide bonds. The molecule has 1 saturated heterocycles. The third-order valence-electron chi connectivity index (χ3n) is 4.25. The molecule has 1 aromatic rings. The monoisotopic (exact) mass is 298 g/mol. The molecule has 3 N–H and O–H groups in total. The Balaban J connectivity index is 2.42. The standard InChI is InChI=1S/C15H20F2N2O2/c1-10-8-12(17)2-3-13(10)15(18)9-11(4-6-16)5-7-19(15)14(20)21/h2-3,8,11H,4-7,9,18H2,1H3,(H,20,21). The quantitative estimate of drug-likeness (QED) is 0.901. The van der Waals surface area contributed by atoms with E-state index in [1.807, 2.05) is 0 Å². The topological polar surface area (TPSA) is 66.6 Å². The van der Waals surface area contributed by atoms with Crippen LogP contribution in [0.15, 0.2) is 18.2 Å². The van der Waals surface area contributed by atoms with Crippen molar-refractivity contribution in [1.29, 1.82) is 0 Å². The Labute approximate surface area is 122 Å². The summed E-state index contributed by atoms with van der Waals surface area (Å²) < 4.78 is 25.9. The van der Waals surface area contributed by atoms with Crippen LogP contribution in [0.4, 0.5) is 13.6 Å². The predicted octanol–water partition coefficient (Wildman–Crippen LogP) is 3.00. The van der Waals surface area contributed by atoms with Gasteiger partial charge in [0, 0.05) is 6.54 Å². The van der Waals surface area contributed by atoms with E-state index >= 15 is 0 Å². The van der Waals surface area contributed by atoms with Crippen LogP contribution in [0.3, 0.4) is 0 Å². The van der Waals surface area contributed by atoms with E-state index in [1.165, 1.54) is 23.1 Å². The molecule has 2 atom stereocenters. The third-order valence-corrected chi connectivity index (χ3v) is 4.25. The van der Waals surface area contributed by atoms with E-state index in [4.69, 9.17) is 5.73 Å². The van der Waals surface area contributed by atoms with Crippen molar-refractivity contribution >= 4 is 6.09 Å². The number of amides is 1. The number of halogens is 2. The molecule has 116 valence electrons. The molecule has 1 fully saturated rings. The van der Waals surface area contributed by atoms with Gasteiger partial charge >= 0.3 is 6.09 Å². The molecular formula is C15H20F2N2O2. The summed E-state index contributed by atoms with van der Waals surface area (Å²) in [7, 11) is 0. The van der Waals surface area contributed by atoms with Gasteiger partial charge in [0.15, 0.2) is 0 Å². The van der Waals surface area contributed by atoms with Gasteiger partial charge in [-0.05, 0) is 55.4 Å². The summed E-state index contributed by atoms with van der Waals surface area (Å²) in [6.45, 7) is 1.51. The maximum absolute atomic E-state index is 13.3. The van der Waals surface area contributed by atoms with Crippen LogP contribution in [0, 0.1) is 18.7 Å². The van der Waals surface area contributed by atoms with Gasteiger partial charge in [0.2, 0.25) is 0 Å². The Bertz CT molecular complexity index is 538. The fraction of sp³-hybridized carbons (Fsp3) is 0.533. The molecule has 1 heterocycles. The van der Waals surface area contributed by atoms with Gasteiger partial charge in [-0.25, -0.2) is 9.18 Å². The number of alkyl halides is 1. The molecule has 0 bridgehead atoms. The smallest absolute Gasteiger partial charge is 0.409 e. The molecule has 0 aliphatic carbocycles. The van der Waals surface area contributed by atoms with E-state index in [9.17, 15) is 18.7 Å². The van der Waals surface area contributed by atoms with Crippen molar-refractivity contribution in [2.75, 3.05) is 13.2 Å². The lowest BCUT2D eigenvalue weighted by Gasteiger charge is -2.46. The summed E-state index contributed by atoms with van der Waals surface area (Å²) >= 11 is 0. The second-order valence-electron chi connectivity index (χ2n) is 5.65. The molecule has 6 heteroatoms. The van der Waals surface area contributed by atoms with Crippen molar-refractivity contribution in [3.8, 4) is 0 Å². The number of carboxylic acid groups (broad SMARTS) is 1. The normalized spacial score (nSPS) is 25.9. The van der Waals surface area contributed by atoms with Gasteiger partial charge < -0.3 is 10.8 Å². The lowest BCUT2D eigenvalue weighted by Crippen LogP contribution is -2.59. The van der Waals surface area contributed by atoms with E-state index in [-0.39, 0.29) is 12.5 Å². The highest BCUT2D eigenvalue weighted by Crippen LogP contribution is 2.38. The van der Waals surface area contributed by atoms with Crippen LogP contribution in [0.25, 0.3) is 0 Å². The van der Waals surface area contributed by atoms with Gasteiger partial charge in [-0.2, -0.15) is 0 Å². The van der Waals surface area contributed by atoms with Crippen LogP contribution in [0.5, 0.6) is 0 Å². The number of hydrogen-bond acceptors (Lipinski definition) is 2. The van der Waals surface area contributed by atoms with Crippen LogP contribution in [0.2, 0.25) is 0 Å². The van der Waals surface area contributed by atoms with Crippen molar-refractivity contribution in [2.24, 2.45) is 11.7 Å². The van der Waals surface area contributed by atoms with E-state index in [0.29, 0.717) is 30.4 Å². The van der Waals surface area contributed by atoms with Crippen molar-refractivity contribution in [3.63, 3.8) is 0 Å².